The first-order chi connectivity index (χ1) is 39.4. The lowest BCUT2D eigenvalue weighted by atomic mass is 10.4. The van der Waals surface area contributed by atoms with Crippen LogP contribution in [0.1, 0.15) is 53.4 Å². The fourth-order valence-corrected chi connectivity index (χ4v) is 11.8. The number of hydrogen-bond donors (Lipinski definition) is 4. The van der Waals surface area contributed by atoms with Gasteiger partial charge >= 0.3 is 59.1 Å². The number of rotatable bonds is 38. The molecule has 0 aromatic rings. The molecule has 0 aromatic heterocycles. The van der Waals surface area contributed by atoms with Gasteiger partial charge in [0.2, 0.25) is 0 Å². The van der Waals surface area contributed by atoms with Crippen molar-refractivity contribution in [3.63, 3.8) is 0 Å². The lowest BCUT2D eigenvalue weighted by Gasteiger charge is -2.27. The Kier molecular flexibility index (Phi) is 65.6. The Hall–Kier alpha value is -4.35. The van der Waals surface area contributed by atoms with Gasteiger partial charge in [-0.15, -0.1) is 0 Å². The minimum absolute atomic E-state index is 0.152. The zero-order valence-corrected chi connectivity index (χ0v) is 57.5. The molecule has 0 saturated carbocycles. The van der Waals surface area contributed by atoms with E-state index < -0.39 is 71.0 Å². The lowest BCUT2D eigenvalue weighted by molar-refractivity contribution is -0.139. The van der Waals surface area contributed by atoms with Crippen molar-refractivity contribution in [1.29, 1.82) is 0 Å². The van der Waals surface area contributed by atoms with Crippen LogP contribution in [0.2, 0.25) is 24.2 Å². The fraction of sp³-hybridized carbons (Fsp3) is 0.654. The van der Waals surface area contributed by atoms with E-state index in [-0.39, 0.29) is 28.2 Å². The average Bonchev–Trinajstić information content (AvgIpc) is 4.31. The molecule has 4 N–H and O–H groups in total. The quantitative estimate of drug-likeness (QED) is 0.00932. The molecule has 496 valence electrons. The van der Waals surface area contributed by atoms with E-state index in [0.717, 1.165) is 51.1 Å². The minimum atomic E-state index is -2.93. The average molecular weight is 1290 g/mol. The second kappa shape index (κ2) is 59.0. The van der Waals surface area contributed by atoms with Gasteiger partial charge in [0, 0.05) is 180 Å². The summed E-state index contributed by atoms with van der Waals surface area (Å²) in [7, 11) is 13.5. The number of carbonyl (C=O) groups excluding carboxylic acids is 3. The van der Waals surface area contributed by atoms with E-state index in [1.807, 2.05) is 0 Å². The van der Waals surface area contributed by atoms with Crippen LogP contribution < -0.4 is 0 Å². The highest BCUT2D eigenvalue weighted by atomic mass is 28.4. The van der Waals surface area contributed by atoms with Gasteiger partial charge in [-0.25, -0.2) is 19.2 Å². The first-order valence-corrected chi connectivity index (χ1v) is 32.9. The second-order valence-electron chi connectivity index (χ2n) is 16.3. The summed E-state index contributed by atoms with van der Waals surface area (Å²) in [4.78, 5) is 41.7. The molecule has 0 spiro atoms. The first-order valence-electron chi connectivity index (χ1n) is 25.2. The number of methoxy groups -OCH3 is 3. The Bertz CT molecular complexity index is 1700. The van der Waals surface area contributed by atoms with E-state index >= 15 is 0 Å². The summed E-state index contributed by atoms with van der Waals surface area (Å²) < 4.78 is 102. The van der Waals surface area contributed by atoms with Gasteiger partial charge in [0.05, 0.1) is 13.2 Å². The summed E-state index contributed by atoms with van der Waals surface area (Å²) >= 11 is 0. The number of aliphatic hydroxyl groups is 3. The summed E-state index contributed by atoms with van der Waals surface area (Å²) in [5.74, 6) is -4.23. The van der Waals surface area contributed by atoms with Gasteiger partial charge in [-0.05, 0) is 73.1 Å². The van der Waals surface area contributed by atoms with Gasteiger partial charge in [-0.2, -0.15) is 0 Å². The van der Waals surface area contributed by atoms with Crippen molar-refractivity contribution in [2.75, 3.05) is 146 Å². The SMILES string of the molecule is C=C(C)C(=O)O.C=C(O)OC(=O)C(=C)C.C=C(O)OC(=O)C(=C)C.C=C(OC(=O)C(=C)C)O[Si](CCCOC)(OC)OC.CO.COCCC[Si](OC)(OC)OC.COCCC[Si](OC)(OC)OC.CO[Si](CCCOCC1CO1)(OC)OC. The highest BCUT2D eigenvalue weighted by Crippen LogP contribution is 2.21. The molecule has 28 nitrogen and oxygen atoms in total. The van der Waals surface area contributed by atoms with Crippen LogP contribution in [0.25, 0.3) is 0 Å². The molecule has 0 aliphatic carbocycles. The molecule has 1 atom stereocenters. The van der Waals surface area contributed by atoms with Crippen LogP contribution in [-0.2, 0) is 110 Å². The molecule has 0 amide bonds. The van der Waals surface area contributed by atoms with Crippen molar-refractivity contribution < 1.29 is 131 Å². The standard InChI is InChI=1S/C12H22O6Si.C9H20O5Si.2C7H18O4Si.2C6H8O3.C4H6O2.CH4O/c1-10(2)12(13)17-11(3)18-19(15-5,16-6)9-7-8-14-4;1-10-15(11-2,12-3)6-4-5-13-7-9-8-14-9;2*1-8-6-5-7-12(9-2,10-3)11-4;2*1-4(2)6(8)9-5(3)7;1-3(2)4(5)6;1-2/h1,3,7-9H2,2,4-6H3;9H,4-8H2,1-3H3;2*5-7H2,1-4H3;2*7H,1,3H2,2H3;1H2,2H3,(H,5,6);2H,1H3. The highest BCUT2D eigenvalue weighted by molar-refractivity contribution is 6.61. The number of carbonyl (C=O) groups is 4. The van der Waals surface area contributed by atoms with Gasteiger partial charge in [-0.3, -0.25) is 0 Å². The van der Waals surface area contributed by atoms with Gasteiger partial charge in [-0.1, -0.05) is 26.3 Å². The number of esters is 3. The Morgan fingerprint density at radius 2 is 0.655 bits per heavy atom. The van der Waals surface area contributed by atoms with Crippen molar-refractivity contribution in [1.82, 2.24) is 0 Å². The number of epoxide rings is 1. The second-order valence-corrected chi connectivity index (χ2v) is 28.4. The predicted molar refractivity (Wildman–Crippen MR) is 321 cm³/mol. The third-order valence-corrected chi connectivity index (χ3v) is 20.9. The van der Waals surface area contributed by atoms with Gasteiger partial charge in [0.15, 0.2) is 0 Å². The van der Waals surface area contributed by atoms with Gasteiger partial charge < -0.3 is 111 Å². The van der Waals surface area contributed by atoms with Gasteiger partial charge in [0.1, 0.15) is 6.10 Å². The summed E-state index contributed by atoms with van der Waals surface area (Å²) in [5.41, 5.74) is 0.886. The van der Waals surface area contributed by atoms with E-state index in [0.29, 0.717) is 51.6 Å². The van der Waals surface area contributed by atoms with Crippen LogP contribution in [0.15, 0.2) is 86.2 Å². The number of carboxylic acid groups (broad SMARTS) is 1. The third kappa shape index (κ3) is 54.3. The monoisotopic (exact) mass is 1290 g/mol. The molecule has 0 aromatic carbocycles. The summed E-state index contributed by atoms with van der Waals surface area (Å²) in [6.07, 6.45) is 3.72. The Morgan fingerprint density at radius 1 is 0.417 bits per heavy atom. The molecule has 0 bridgehead atoms. The fourth-order valence-electron chi connectivity index (χ4n) is 4.93. The number of aliphatic carboxylic acids is 1. The molecule has 1 aliphatic rings. The van der Waals surface area contributed by atoms with E-state index in [4.69, 9.17) is 102 Å². The van der Waals surface area contributed by atoms with E-state index in [2.05, 4.69) is 55.5 Å². The number of carboxylic acids is 1. The minimum Gasteiger partial charge on any atom is -0.481 e. The normalized spacial score (nSPS) is 11.9. The van der Waals surface area contributed by atoms with E-state index in [9.17, 15) is 19.2 Å². The molecular formula is C52H104O28Si4. The van der Waals surface area contributed by atoms with Crippen LogP contribution >= 0.6 is 0 Å². The Balaban J connectivity index is -0.000000168. The molecule has 1 aliphatic heterocycles. The Morgan fingerprint density at radius 3 is 0.845 bits per heavy atom. The summed E-state index contributed by atoms with van der Waals surface area (Å²) in [6.45, 7) is 32.8. The molecule has 32 heteroatoms. The summed E-state index contributed by atoms with van der Waals surface area (Å²) in [5, 5.41) is 31.5. The molecule has 1 heterocycles. The van der Waals surface area contributed by atoms with Crippen LogP contribution in [0, 0.1) is 0 Å². The smallest absolute Gasteiger partial charge is 0.481 e. The largest absolute Gasteiger partial charge is 0.567 e. The molecular weight excluding hydrogens is 1180 g/mol. The molecule has 1 fully saturated rings. The Labute approximate surface area is 504 Å². The van der Waals surface area contributed by atoms with E-state index in [1.165, 1.54) is 41.9 Å². The van der Waals surface area contributed by atoms with Crippen LogP contribution in [0.4, 0.5) is 0 Å². The zero-order valence-electron chi connectivity index (χ0n) is 53.5. The zero-order chi connectivity index (χ0) is 67.0. The lowest BCUT2D eigenvalue weighted by Crippen LogP contribution is -2.44. The number of hydrogen-bond acceptors (Lipinski definition) is 27. The maximum absolute atomic E-state index is 11.3. The molecule has 1 unspecified atom stereocenters. The first kappa shape index (κ1) is 93.3. The van der Waals surface area contributed by atoms with Crippen molar-refractivity contribution in [2.45, 2.75) is 83.7 Å². The third-order valence-electron chi connectivity index (χ3n) is 9.70. The van der Waals surface area contributed by atoms with Gasteiger partial charge in [0.25, 0.3) is 17.8 Å². The van der Waals surface area contributed by atoms with Crippen LogP contribution in [-0.4, -0.2) is 232 Å². The van der Waals surface area contributed by atoms with Crippen molar-refractivity contribution in [3.05, 3.63) is 86.2 Å². The molecule has 1 rings (SSSR count). The maximum atomic E-state index is 11.3. The van der Waals surface area contributed by atoms with Crippen molar-refractivity contribution >= 4 is 59.1 Å². The molecule has 1 saturated heterocycles. The number of ether oxygens (including phenoxy) is 8. The predicted octanol–water partition coefficient (Wildman–Crippen LogP) is 6.86. The number of aliphatic hydroxyl groups excluding tert-OH is 3. The van der Waals surface area contributed by atoms with Crippen LogP contribution in [0.3, 0.4) is 0 Å². The van der Waals surface area contributed by atoms with Crippen LogP contribution in [0.5, 0.6) is 0 Å². The maximum Gasteiger partial charge on any atom is 0.567 e. The highest BCUT2D eigenvalue weighted by Gasteiger charge is 2.42. The summed E-state index contributed by atoms with van der Waals surface area (Å²) in [6, 6.07) is 2.90. The van der Waals surface area contributed by atoms with Crippen molar-refractivity contribution in [2.24, 2.45) is 0 Å². The molecule has 0 radical (unpaired) electrons. The van der Waals surface area contributed by atoms with E-state index in [1.54, 1.807) is 85.3 Å². The topological polar surface area (TPSA) is 337 Å². The molecule has 84 heavy (non-hydrogen) atoms. The van der Waals surface area contributed by atoms with Crippen molar-refractivity contribution in [3.8, 4) is 0 Å².